The van der Waals surface area contributed by atoms with Crippen LogP contribution < -0.4 is 5.32 Å². The largest absolute Gasteiger partial charge is 0.383 e. The number of nitro benzene ring substituents is 1. The Kier molecular flexibility index (Phi) is 4.34. The molecule has 0 aliphatic rings. The molecule has 1 heterocycles. The number of halogens is 1. The number of aromatic nitrogens is 1. The molecule has 0 unspecified atom stereocenters. The van der Waals surface area contributed by atoms with Gasteiger partial charge in [-0.15, -0.1) is 11.3 Å². The van der Waals surface area contributed by atoms with Gasteiger partial charge >= 0.3 is 0 Å². The topological polar surface area (TPSA) is 68.1 Å². The van der Waals surface area contributed by atoms with Crippen LogP contribution >= 0.6 is 22.9 Å². The number of hydrogen-bond acceptors (Lipinski definition) is 5. The molecule has 0 saturated heterocycles. The SMILES string of the molecule is Cc1cc([N+](=O)[O-])cc(Cl)c1NCCc1nccs1. The molecule has 0 aliphatic heterocycles. The fourth-order valence-corrected chi connectivity index (χ4v) is 2.67. The number of hydrogen-bond donors (Lipinski definition) is 1. The van der Waals surface area contributed by atoms with Gasteiger partial charge in [-0.05, 0) is 12.5 Å². The van der Waals surface area contributed by atoms with Gasteiger partial charge in [-0.1, -0.05) is 11.6 Å². The Balaban J connectivity index is 2.06. The molecular formula is C12H12ClN3O2S. The Bertz CT molecular complexity index is 564. The Hall–Kier alpha value is -1.66. The van der Waals surface area contributed by atoms with Crippen molar-refractivity contribution in [3.05, 3.63) is 49.4 Å². The molecule has 0 fully saturated rings. The van der Waals surface area contributed by atoms with Crippen LogP contribution in [0.1, 0.15) is 10.6 Å². The molecule has 7 heteroatoms. The van der Waals surface area contributed by atoms with Gasteiger partial charge in [0.1, 0.15) is 0 Å². The van der Waals surface area contributed by atoms with Gasteiger partial charge in [0.25, 0.3) is 5.69 Å². The van der Waals surface area contributed by atoms with Gasteiger partial charge in [0.2, 0.25) is 0 Å². The second-order valence-corrected chi connectivity index (χ2v) is 5.37. The van der Waals surface area contributed by atoms with Crippen molar-refractivity contribution in [3.63, 3.8) is 0 Å². The first-order valence-corrected chi connectivity index (χ1v) is 6.90. The number of non-ortho nitro benzene ring substituents is 1. The Morgan fingerprint density at radius 2 is 2.32 bits per heavy atom. The van der Waals surface area contributed by atoms with Gasteiger partial charge in [0.15, 0.2) is 0 Å². The van der Waals surface area contributed by atoms with Crippen molar-refractivity contribution >= 4 is 34.3 Å². The summed E-state index contributed by atoms with van der Waals surface area (Å²) in [6, 6.07) is 2.87. The lowest BCUT2D eigenvalue weighted by Crippen LogP contribution is -2.06. The smallest absolute Gasteiger partial charge is 0.271 e. The zero-order valence-corrected chi connectivity index (χ0v) is 11.8. The van der Waals surface area contributed by atoms with E-state index >= 15 is 0 Å². The first-order chi connectivity index (χ1) is 9.08. The zero-order valence-electron chi connectivity index (χ0n) is 10.2. The molecular weight excluding hydrogens is 286 g/mol. The monoisotopic (exact) mass is 297 g/mol. The third-order valence-corrected chi connectivity index (χ3v) is 3.74. The number of benzene rings is 1. The molecule has 2 rings (SSSR count). The number of nitrogens with one attached hydrogen (secondary N) is 1. The number of rotatable bonds is 5. The molecule has 0 amide bonds. The summed E-state index contributed by atoms with van der Waals surface area (Å²) in [7, 11) is 0. The summed E-state index contributed by atoms with van der Waals surface area (Å²) in [5.74, 6) is 0. The fourth-order valence-electron chi connectivity index (χ4n) is 1.73. The fraction of sp³-hybridized carbons (Fsp3) is 0.250. The second kappa shape index (κ2) is 5.99. The van der Waals surface area contributed by atoms with Crippen LogP contribution in [-0.2, 0) is 6.42 Å². The molecule has 5 nitrogen and oxygen atoms in total. The summed E-state index contributed by atoms with van der Waals surface area (Å²) in [5.41, 5.74) is 1.51. The van der Waals surface area contributed by atoms with Gasteiger partial charge in [-0.25, -0.2) is 4.98 Å². The lowest BCUT2D eigenvalue weighted by Gasteiger charge is -2.10. The van der Waals surface area contributed by atoms with Crippen molar-refractivity contribution in [1.82, 2.24) is 4.98 Å². The highest BCUT2D eigenvalue weighted by Gasteiger charge is 2.12. The summed E-state index contributed by atoms with van der Waals surface area (Å²) >= 11 is 7.66. The molecule has 0 spiro atoms. The Labute approximate surface area is 119 Å². The minimum absolute atomic E-state index is 0.00738. The minimum atomic E-state index is -0.446. The molecule has 0 bridgehead atoms. The van der Waals surface area contributed by atoms with Crippen molar-refractivity contribution in [2.75, 3.05) is 11.9 Å². The maximum atomic E-state index is 10.7. The van der Waals surface area contributed by atoms with E-state index in [0.717, 1.165) is 22.7 Å². The number of aryl methyl sites for hydroxylation is 1. The van der Waals surface area contributed by atoms with Crippen LogP contribution in [0.3, 0.4) is 0 Å². The van der Waals surface area contributed by atoms with Crippen LogP contribution in [0.2, 0.25) is 5.02 Å². The highest BCUT2D eigenvalue weighted by Crippen LogP contribution is 2.30. The normalized spacial score (nSPS) is 10.4. The molecule has 0 aliphatic carbocycles. The van der Waals surface area contributed by atoms with Gasteiger partial charge in [-0.3, -0.25) is 10.1 Å². The van der Waals surface area contributed by atoms with Crippen LogP contribution in [0.4, 0.5) is 11.4 Å². The lowest BCUT2D eigenvalue weighted by molar-refractivity contribution is -0.384. The van der Waals surface area contributed by atoms with E-state index < -0.39 is 4.92 Å². The van der Waals surface area contributed by atoms with Crippen LogP contribution in [0.25, 0.3) is 0 Å². The number of anilines is 1. The van der Waals surface area contributed by atoms with Gasteiger partial charge in [-0.2, -0.15) is 0 Å². The van der Waals surface area contributed by atoms with E-state index in [0.29, 0.717) is 11.6 Å². The molecule has 0 atom stereocenters. The highest BCUT2D eigenvalue weighted by molar-refractivity contribution is 7.09. The number of nitro groups is 1. The first-order valence-electron chi connectivity index (χ1n) is 5.64. The predicted molar refractivity (Wildman–Crippen MR) is 77.2 cm³/mol. The zero-order chi connectivity index (χ0) is 13.8. The van der Waals surface area contributed by atoms with Gasteiger partial charge in [0.05, 0.1) is 20.6 Å². The Morgan fingerprint density at radius 1 is 1.53 bits per heavy atom. The molecule has 1 aromatic heterocycles. The quantitative estimate of drug-likeness (QED) is 0.675. The van der Waals surface area contributed by atoms with Crippen LogP contribution in [0.5, 0.6) is 0 Å². The number of thiazole rings is 1. The summed E-state index contributed by atoms with van der Waals surface area (Å²) in [5, 5.41) is 17.2. The first kappa shape index (κ1) is 13.8. The highest BCUT2D eigenvalue weighted by atomic mass is 35.5. The maximum Gasteiger partial charge on any atom is 0.271 e. The standard InChI is InChI=1S/C12H12ClN3O2S/c1-8-6-9(16(17)18)7-10(13)12(8)15-3-2-11-14-4-5-19-11/h4-7,15H,2-3H2,1H3. The van der Waals surface area contributed by atoms with Gasteiger partial charge < -0.3 is 5.32 Å². The maximum absolute atomic E-state index is 10.7. The number of nitrogens with zero attached hydrogens (tertiary/aromatic N) is 2. The predicted octanol–water partition coefficient (Wildman–Crippen LogP) is 3.67. The van der Waals surface area contributed by atoms with E-state index in [2.05, 4.69) is 10.3 Å². The average Bonchev–Trinajstić information content (AvgIpc) is 2.85. The van der Waals surface area contributed by atoms with E-state index in [4.69, 9.17) is 11.6 Å². The van der Waals surface area contributed by atoms with E-state index in [9.17, 15) is 10.1 Å². The van der Waals surface area contributed by atoms with Crippen LogP contribution in [0.15, 0.2) is 23.7 Å². The molecule has 19 heavy (non-hydrogen) atoms. The lowest BCUT2D eigenvalue weighted by atomic mass is 10.1. The van der Waals surface area contributed by atoms with Crippen molar-refractivity contribution < 1.29 is 4.92 Å². The minimum Gasteiger partial charge on any atom is -0.383 e. The molecule has 0 radical (unpaired) electrons. The molecule has 2 aromatic rings. The van der Waals surface area contributed by atoms with E-state index in [1.807, 2.05) is 5.38 Å². The van der Waals surface area contributed by atoms with Crippen molar-refractivity contribution in [2.45, 2.75) is 13.3 Å². The molecule has 0 saturated carbocycles. The van der Waals surface area contributed by atoms with E-state index in [1.165, 1.54) is 12.1 Å². The summed E-state index contributed by atoms with van der Waals surface area (Å²) in [6.45, 7) is 2.48. The molecule has 100 valence electrons. The average molecular weight is 298 g/mol. The summed E-state index contributed by atoms with van der Waals surface area (Å²) in [4.78, 5) is 14.4. The van der Waals surface area contributed by atoms with Crippen LogP contribution in [-0.4, -0.2) is 16.5 Å². The van der Waals surface area contributed by atoms with Crippen molar-refractivity contribution in [3.8, 4) is 0 Å². The molecule has 1 aromatic carbocycles. The van der Waals surface area contributed by atoms with Gasteiger partial charge in [0, 0.05) is 36.7 Å². The second-order valence-electron chi connectivity index (χ2n) is 3.98. The summed E-state index contributed by atoms with van der Waals surface area (Å²) in [6.07, 6.45) is 2.56. The third-order valence-electron chi connectivity index (χ3n) is 2.61. The van der Waals surface area contributed by atoms with Crippen molar-refractivity contribution in [2.24, 2.45) is 0 Å². The van der Waals surface area contributed by atoms with E-state index in [-0.39, 0.29) is 5.69 Å². The Morgan fingerprint density at radius 3 is 2.89 bits per heavy atom. The van der Waals surface area contributed by atoms with E-state index in [1.54, 1.807) is 24.5 Å². The summed E-state index contributed by atoms with van der Waals surface area (Å²) < 4.78 is 0. The van der Waals surface area contributed by atoms with Crippen molar-refractivity contribution in [1.29, 1.82) is 0 Å². The third kappa shape index (κ3) is 3.42. The van der Waals surface area contributed by atoms with Crippen LogP contribution in [0, 0.1) is 17.0 Å². The molecule has 1 N–H and O–H groups in total.